The standard InChI is InChI=1S/C63H78N16O21/c1-31-20-34(31)59(91)100-44-17-19-69-79-50(44)56(88)67-26-46(82)75(7)28-48(84)77(9)51(62(2,3)94)60(92)98-29-41(72-53(85)39-23-64-37-21-32(96-10)12-14-35(37)70-39)57(89)78-49(43(80)16-18-68-78)55(87)66-25-45(81)74(6)27-47(83)76(8)52(63(4,5)95)61(93)99-30-42(58(79)90)73-54(86)40-24-65-38-22-33(97-11)13-15-36(38)71-40/h12-15,18-19,21-24,31,34,41-44,49-52,80,94-95H,16-17,20,25-30H2,1-11H3,(H,66,87)(H,67,88)(H,72,85)(H,73,86)/t31-,34-,41+,42+,43-,44-,49-,50-,51+,52+/m0/s1. The van der Waals surface area contributed by atoms with Crippen LogP contribution in [0.3, 0.4) is 0 Å². The average Bonchev–Trinajstić information content (AvgIpc) is 1.05. The number of ether oxygens (including phenoxy) is 5. The lowest BCUT2D eigenvalue weighted by Gasteiger charge is -2.37. The van der Waals surface area contributed by atoms with Crippen molar-refractivity contribution < 1.29 is 101 Å². The number of likely N-dealkylation sites (N-methyl/N-ethyl adjacent to an activating group) is 4. The number of hydrogen-bond donors (Lipinski definition) is 7. The summed E-state index contributed by atoms with van der Waals surface area (Å²) in [6.07, 6.45) is 0.793. The van der Waals surface area contributed by atoms with Gasteiger partial charge >= 0.3 is 17.9 Å². The van der Waals surface area contributed by atoms with Crippen LogP contribution in [0.25, 0.3) is 22.1 Å². The maximum atomic E-state index is 15.2. The molecule has 0 spiro atoms. The highest BCUT2D eigenvalue weighted by molar-refractivity contribution is 6.01. The molecular weight excluding hydrogens is 1320 g/mol. The highest BCUT2D eigenvalue weighted by atomic mass is 16.6. The fourth-order valence-electron chi connectivity index (χ4n) is 11.0. The molecule has 0 radical (unpaired) electrons. The minimum Gasteiger partial charge on any atom is -0.497 e. The van der Waals surface area contributed by atoms with Crippen molar-refractivity contribution in [1.29, 1.82) is 0 Å². The van der Waals surface area contributed by atoms with Gasteiger partial charge in [-0.2, -0.15) is 10.2 Å². The second-order valence-corrected chi connectivity index (χ2v) is 25.3. The summed E-state index contributed by atoms with van der Waals surface area (Å²) in [5.41, 5.74) is -4.17. The number of methoxy groups -OCH3 is 2. The van der Waals surface area contributed by atoms with E-state index in [1.165, 1.54) is 50.6 Å². The third kappa shape index (κ3) is 17.7. The molecule has 2 aromatic carbocycles. The molecule has 2 aromatic heterocycles. The van der Waals surface area contributed by atoms with Crippen LogP contribution in [0.15, 0.2) is 59.0 Å². The Hall–Kier alpha value is -11.0. The number of fused-ring (bicyclic) bond motifs is 4. The highest BCUT2D eigenvalue weighted by Gasteiger charge is 2.49. The maximum Gasteiger partial charge on any atom is 0.331 e. The van der Waals surface area contributed by atoms with Gasteiger partial charge in [0, 0.05) is 65.6 Å². The molecule has 0 unspecified atom stereocenters. The Labute approximate surface area is 570 Å². The van der Waals surface area contributed by atoms with E-state index in [2.05, 4.69) is 51.4 Å². The molecule has 7 N–H and O–H groups in total. The first kappa shape index (κ1) is 74.8. The maximum absolute atomic E-state index is 15.2. The number of hydrazone groups is 2. The Balaban J connectivity index is 1.13. The largest absolute Gasteiger partial charge is 0.497 e. The SMILES string of the molecule is COc1ccc2nc(C(=O)N[C@@H]3COC(=O)[C@H](C(C)(C)O)N(C)C(=O)CN(C)C(=O)CNC(=O)[C@@H]4[C@@H](O)CC=NN4C(=O)[C@H](NC(=O)c4cnc5cc(OC)ccc5n4)COC(=O)[C@H](C(C)(C)O)N(C)C(=O)CN(C)C(=O)CNC(=O)[C@@H]4[C@@H](OC(=O)[C@H]5C[C@@H]5C)CC=NN4C3=O)cnc2c1. The van der Waals surface area contributed by atoms with Crippen molar-refractivity contribution in [3.63, 3.8) is 0 Å². The molecule has 10 atom stereocenters. The third-order valence-electron chi connectivity index (χ3n) is 16.7. The van der Waals surface area contributed by atoms with Gasteiger partial charge < -0.3 is 79.9 Å². The first-order valence-electron chi connectivity index (χ1n) is 31.3. The molecule has 5 heterocycles. The summed E-state index contributed by atoms with van der Waals surface area (Å²) < 4.78 is 27.6. The van der Waals surface area contributed by atoms with Crippen LogP contribution < -0.4 is 30.7 Å². The lowest BCUT2D eigenvalue weighted by Crippen LogP contribution is -2.62. The number of nitrogens with one attached hydrogen (secondary N) is 4. The molecule has 4 aliphatic rings. The second-order valence-electron chi connectivity index (χ2n) is 25.3. The predicted octanol–water partition coefficient (Wildman–Crippen LogP) is -3.97. The summed E-state index contributed by atoms with van der Waals surface area (Å²) in [6.45, 7) is 0.403. The highest BCUT2D eigenvalue weighted by Crippen LogP contribution is 2.39. The topological polar surface area (TPSA) is 473 Å². The van der Waals surface area contributed by atoms with Crippen molar-refractivity contribution in [2.45, 2.75) is 114 Å². The molecule has 37 nitrogen and oxygen atoms in total. The molecular formula is C63H78N16O21. The number of aliphatic hydroxyl groups excluding tert-OH is 1. The minimum atomic E-state index is -2.19. The van der Waals surface area contributed by atoms with Gasteiger partial charge in [-0.3, -0.25) is 62.7 Å². The van der Waals surface area contributed by atoms with E-state index in [4.69, 9.17) is 23.7 Å². The lowest BCUT2D eigenvalue weighted by molar-refractivity contribution is -0.167. The number of amides is 10. The number of aliphatic hydroxyl groups is 3. The summed E-state index contributed by atoms with van der Waals surface area (Å²) in [7, 11) is 7.23. The van der Waals surface area contributed by atoms with Crippen LogP contribution >= 0.6 is 0 Å². The van der Waals surface area contributed by atoms with Crippen LogP contribution in [0.1, 0.15) is 74.9 Å². The van der Waals surface area contributed by atoms with Gasteiger partial charge in [0.15, 0.2) is 24.2 Å². The molecule has 2 fully saturated rings. The van der Waals surface area contributed by atoms with Gasteiger partial charge in [-0.05, 0) is 64.3 Å². The molecule has 1 saturated carbocycles. The average molecular weight is 1400 g/mol. The Bertz CT molecular complexity index is 3950. The van der Waals surface area contributed by atoms with E-state index in [-0.39, 0.29) is 41.2 Å². The normalized spacial score (nSPS) is 25.0. The second kappa shape index (κ2) is 31.3. The quantitative estimate of drug-likeness (QED) is 0.0588. The first-order valence-corrected chi connectivity index (χ1v) is 31.3. The monoisotopic (exact) mass is 1390 g/mol. The van der Waals surface area contributed by atoms with Crippen molar-refractivity contribution in [2.75, 3.05) is 81.8 Å². The van der Waals surface area contributed by atoms with Crippen LogP contribution in [0.2, 0.25) is 0 Å². The molecule has 536 valence electrons. The summed E-state index contributed by atoms with van der Waals surface area (Å²) in [5.74, 6) is -14.7. The van der Waals surface area contributed by atoms with Crippen LogP contribution in [0, 0.1) is 11.8 Å². The van der Waals surface area contributed by atoms with Gasteiger partial charge in [-0.15, -0.1) is 0 Å². The number of aromatic nitrogens is 4. The smallest absolute Gasteiger partial charge is 0.331 e. The van der Waals surface area contributed by atoms with E-state index in [0.29, 0.717) is 48.8 Å². The summed E-state index contributed by atoms with van der Waals surface area (Å²) >= 11 is 0. The molecule has 4 aromatic rings. The van der Waals surface area contributed by atoms with E-state index < -0.39 is 182 Å². The minimum absolute atomic E-state index is 0.107. The zero-order valence-corrected chi connectivity index (χ0v) is 56.5. The molecule has 0 bridgehead atoms. The molecule has 3 aliphatic heterocycles. The first-order chi connectivity index (χ1) is 47.1. The Morgan fingerprint density at radius 2 is 1.01 bits per heavy atom. The number of carbonyl (C=O) groups excluding carboxylic acids is 13. The fraction of sp³-hybridized carbons (Fsp3) is 0.508. The Morgan fingerprint density at radius 3 is 1.42 bits per heavy atom. The van der Waals surface area contributed by atoms with Crippen molar-refractivity contribution in [3.05, 3.63) is 60.2 Å². The third-order valence-corrected chi connectivity index (χ3v) is 16.7. The van der Waals surface area contributed by atoms with Gasteiger partial charge in [-0.25, -0.2) is 29.6 Å². The van der Waals surface area contributed by atoms with Gasteiger partial charge in [0.2, 0.25) is 35.4 Å². The number of esters is 3. The van der Waals surface area contributed by atoms with Gasteiger partial charge in [0.25, 0.3) is 23.6 Å². The van der Waals surface area contributed by atoms with Crippen molar-refractivity contribution >= 4 is 111 Å². The van der Waals surface area contributed by atoms with E-state index in [1.807, 2.05) is 0 Å². The number of rotatable bonds is 10. The van der Waals surface area contributed by atoms with E-state index >= 15 is 4.79 Å². The van der Waals surface area contributed by atoms with Crippen LogP contribution in [-0.4, -0.2) is 296 Å². The predicted molar refractivity (Wildman–Crippen MR) is 344 cm³/mol. The number of hydrogen-bond acceptors (Lipinski definition) is 27. The van der Waals surface area contributed by atoms with E-state index in [0.717, 1.165) is 90.5 Å². The van der Waals surface area contributed by atoms with Crippen molar-refractivity contribution in [2.24, 2.45) is 22.0 Å². The van der Waals surface area contributed by atoms with Crippen molar-refractivity contribution in [3.8, 4) is 11.5 Å². The van der Waals surface area contributed by atoms with Crippen LogP contribution in [-0.2, 0) is 67.0 Å². The summed E-state index contributed by atoms with van der Waals surface area (Å²) in [4.78, 5) is 206. The molecule has 37 heteroatoms. The zero-order valence-electron chi connectivity index (χ0n) is 56.5. The van der Waals surface area contributed by atoms with Crippen LogP contribution in [0.5, 0.6) is 11.5 Å². The lowest BCUT2D eigenvalue weighted by atomic mass is 9.97. The van der Waals surface area contributed by atoms with E-state index in [1.54, 1.807) is 6.92 Å². The molecule has 100 heavy (non-hydrogen) atoms. The Morgan fingerprint density at radius 1 is 0.600 bits per heavy atom. The molecule has 8 rings (SSSR count). The number of nitrogens with zero attached hydrogens (tertiary/aromatic N) is 12. The van der Waals surface area contributed by atoms with Crippen LogP contribution in [0.4, 0.5) is 0 Å². The van der Waals surface area contributed by atoms with Gasteiger partial charge in [0.1, 0.15) is 54.3 Å². The Kier molecular flexibility index (Phi) is 23.4. The molecule has 1 aliphatic carbocycles. The number of cyclic esters (lactones) is 2. The zero-order chi connectivity index (χ0) is 73.4. The fourth-order valence-corrected chi connectivity index (χ4v) is 11.0. The number of benzene rings is 2. The van der Waals surface area contributed by atoms with Gasteiger partial charge in [-0.1, -0.05) is 6.92 Å². The summed E-state index contributed by atoms with van der Waals surface area (Å²) in [6, 6.07) is -2.86. The van der Waals surface area contributed by atoms with Crippen molar-refractivity contribution in [1.82, 2.24) is 70.8 Å². The molecule has 10 amide bonds. The van der Waals surface area contributed by atoms with E-state index in [9.17, 15) is 72.9 Å². The van der Waals surface area contributed by atoms with Gasteiger partial charge in [0.05, 0.1) is 98.1 Å². The summed E-state index contributed by atoms with van der Waals surface area (Å²) in [5, 5.41) is 52.9. The number of carbonyl (C=O) groups is 13. The molecule has 1 saturated heterocycles.